The van der Waals surface area contributed by atoms with E-state index in [0.29, 0.717) is 12.8 Å². The third-order valence-corrected chi connectivity index (χ3v) is 18.0. The van der Waals surface area contributed by atoms with Gasteiger partial charge in [-0.15, -0.1) is 0 Å². The van der Waals surface area contributed by atoms with E-state index < -0.39 is 124 Å². The van der Waals surface area contributed by atoms with Crippen molar-refractivity contribution in [1.29, 1.82) is 0 Å². The van der Waals surface area contributed by atoms with E-state index in [2.05, 4.69) is 79.9 Å². The van der Waals surface area contributed by atoms with Crippen LogP contribution in [0.1, 0.15) is 258 Å². The van der Waals surface area contributed by atoms with Crippen LogP contribution in [0.15, 0.2) is 72.9 Å². The standard InChI is InChI=1S/C74H131NO18/c1-3-5-7-9-11-13-15-17-19-21-22-23-24-25-26-27-28-29-30-31-32-33-34-36-37-39-41-43-45-47-49-51-58(79)57(75-62(80)52-50-48-46-44-42-40-38-35-20-18-16-14-12-10-8-6-4-2)56-88-72-68(86)65(83)70(60(54-77)90-72)93-74-69(87)66(84)71(61(55-78)91-74)92-73-67(85)64(82)63(81)59(53-76)89-73/h6,8,12,14,18,20,38,40-41,43,49,51,57-61,63-74,76-79,81-87H,3-5,7,9-11,13,15-17,19,21-37,39,42,44-48,50,52-56H2,1-2H3,(H,75,80)/b8-6-,14-12-,20-18-,40-38-,43-41+,51-49+. The Bertz CT molecular complexity index is 1970. The van der Waals surface area contributed by atoms with Crippen LogP contribution in [-0.2, 0) is 33.2 Å². The van der Waals surface area contributed by atoms with Crippen LogP contribution in [0.4, 0.5) is 0 Å². The minimum Gasteiger partial charge on any atom is -0.394 e. The molecule has 3 aliphatic heterocycles. The Morgan fingerprint density at radius 3 is 1.20 bits per heavy atom. The summed E-state index contributed by atoms with van der Waals surface area (Å²) < 4.78 is 34.3. The topological polar surface area (TPSA) is 307 Å². The summed E-state index contributed by atoms with van der Waals surface area (Å²) in [6.45, 7) is 1.59. The molecular formula is C74H131NO18. The van der Waals surface area contributed by atoms with Gasteiger partial charge in [-0.2, -0.15) is 0 Å². The highest BCUT2D eigenvalue weighted by molar-refractivity contribution is 5.76. The molecule has 93 heavy (non-hydrogen) atoms. The Balaban J connectivity index is 1.41. The second-order valence-electron chi connectivity index (χ2n) is 26.0. The largest absolute Gasteiger partial charge is 0.394 e. The molecule has 3 saturated heterocycles. The van der Waals surface area contributed by atoms with E-state index in [-0.39, 0.29) is 18.9 Å². The van der Waals surface area contributed by atoms with Gasteiger partial charge in [0.05, 0.1) is 38.6 Å². The van der Waals surface area contributed by atoms with Crippen molar-refractivity contribution in [3.05, 3.63) is 72.9 Å². The van der Waals surface area contributed by atoms with Crippen LogP contribution in [0.5, 0.6) is 0 Å². The summed E-state index contributed by atoms with van der Waals surface area (Å²) in [5.41, 5.74) is 0. The van der Waals surface area contributed by atoms with Crippen LogP contribution in [-0.4, -0.2) is 193 Å². The van der Waals surface area contributed by atoms with Gasteiger partial charge in [0.15, 0.2) is 18.9 Å². The molecule has 12 N–H and O–H groups in total. The number of amides is 1. The number of rotatable bonds is 56. The van der Waals surface area contributed by atoms with Crippen LogP contribution < -0.4 is 5.32 Å². The number of ether oxygens (including phenoxy) is 6. The molecule has 17 unspecified atom stereocenters. The third-order valence-electron chi connectivity index (χ3n) is 18.0. The first-order chi connectivity index (χ1) is 45.3. The summed E-state index contributed by atoms with van der Waals surface area (Å²) in [5, 5.41) is 121. The van der Waals surface area contributed by atoms with E-state index in [0.717, 1.165) is 70.6 Å². The molecule has 3 aliphatic rings. The molecule has 3 fully saturated rings. The van der Waals surface area contributed by atoms with Crippen molar-refractivity contribution >= 4 is 5.91 Å². The fraction of sp³-hybridized carbons (Fsp3) is 0.824. The molecule has 3 heterocycles. The highest BCUT2D eigenvalue weighted by Crippen LogP contribution is 2.33. The lowest BCUT2D eigenvalue weighted by Crippen LogP contribution is -2.66. The zero-order valence-electron chi connectivity index (χ0n) is 57.2. The van der Waals surface area contributed by atoms with E-state index in [1.165, 1.54) is 154 Å². The van der Waals surface area contributed by atoms with Gasteiger partial charge in [0.25, 0.3) is 0 Å². The van der Waals surface area contributed by atoms with Gasteiger partial charge in [0, 0.05) is 6.42 Å². The summed E-state index contributed by atoms with van der Waals surface area (Å²) >= 11 is 0. The third kappa shape index (κ3) is 36.6. The van der Waals surface area contributed by atoms with Crippen LogP contribution >= 0.6 is 0 Å². The minimum atomic E-state index is -1.99. The van der Waals surface area contributed by atoms with Crippen molar-refractivity contribution in [2.24, 2.45) is 0 Å². The molecule has 3 rings (SSSR count). The van der Waals surface area contributed by atoms with Gasteiger partial charge < -0.3 is 89.9 Å². The van der Waals surface area contributed by atoms with Gasteiger partial charge in [-0.1, -0.05) is 254 Å². The van der Waals surface area contributed by atoms with Crippen molar-refractivity contribution in [2.45, 2.75) is 362 Å². The molecule has 540 valence electrons. The summed E-state index contributed by atoms with van der Waals surface area (Å²) in [6.07, 6.45) is 43.3. The normalized spacial score (nSPS) is 27.9. The predicted molar refractivity (Wildman–Crippen MR) is 365 cm³/mol. The highest BCUT2D eigenvalue weighted by Gasteiger charge is 2.53. The summed E-state index contributed by atoms with van der Waals surface area (Å²) in [6, 6.07) is -1.01. The number of hydrogen-bond donors (Lipinski definition) is 12. The fourth-order valence-corrected chi connectivity index (χ4v) is 12.1. The molecule has 19 heteroatoms. The molecule has 0 bridgehead atoms. The smallest absolute Gasteiger partial charge is 0.220 e. The molecular weight excluding hydrogens is 1190 g/mol. The van der Waals surface area contributed by atoms with Crippen LogP contribution in [0, 0.1) is 0 Å². The van der Waals surface area contributed by atoms with Crippen molar-refractivity contribution in [3.8, 4) is 0 Å². The van der Waals surface area contributed by atoms with E-state index in [1.807, 2.05) is 6.08 Å². The molecule has 0 spiro atoms. The summed E-state index contributed by atoms with van der Waals surface area (Å²) in [5.74, 6) is -0.309. The van der Waals surface area contributed by atoms with Gasteiger partial charge in [0.1, 0.15) is 73.2 Å². The second-order valence-corrected chi connectivity index (χ2v) is 26.0. The van der Waals surface area contributed by atoms with Crippen LogP contribution in [0.3, 0.4) is 0 Å². The van der Waals surface area contributed by atoms with Gasteiger partial charge in [-0.25, -0.2) is 0 Å². The predicted octanol–water partition coefficient (Wildman–Crippen LogP) is 10.5. The molecule has 0 aromatic carbocycles. The van der Waals surface area contributed by atoms with Gasteiger partial charge in [-0.05, 0) is 70.6 Å². The Hall–Kier alpha value is -2.77. The van der Waals surface area contributed by atoms with Gasteiger partial charge in [-0.3, -0.25) is 4.79 Å². The van der Waals surface area contributed by atoms with Gasteiger partial charge in [0.2, 0.25) is 5.91 Å². The van der Waals surface area contributed by atoms with E-state index in [9.17, 15) is 61.0 Å². The number of hydrogen-bond acceptors (Lipinski definition) is 18. The Morgan fingerprint density at radius 1 is 0.398 bits per heavy atom. The highest BCUT2D eigenvalue weighted by atomic mass is 16.8. The average molecular weight is 1320 g/mol. The number of nitrogens with one attached hydrogen (secondary N) is 1. The number of aliphatic hydroxyl groups is 11. The Labute approximate surface area is 559 Å². The molecule has 0 aliphatic carbocycles. The fourth-order valence-electron chi connectivity index (χ4n) is 12.1. The van der Waals surface area contributed by atoms with E-state index in [1.54, 1.807) is 6.08 Å². The molecule has 17 atom stereocenters. The maximum Gasteiger partial charge on any atom is 0.220 e. The number of carbonyl (C=O) groups is 1. The van der Waals surface area contributed by atoms with Crippen LogP contribution in [0.2, 0.25) is 0 Å². The van der Waals surface area contributed by atoms with E-state index in [4.69, 9.17) is 28.4 Å². The molecule has 19 nitrogen and oxygen atoms in total. The van der Waals surface area contributed by atoms with Crippen molar-refractivity contribution in [1.82, 2.24) is 5.32 Å². The van der Waals surface area contributed by atoms with Gasteiger partial charge >= 0.3 is 0 Å². The lowest BCUT2D eigenvalue weighted by atomic mass is 9.96. The first kappa shape index (κ1) is 84.5. The Kier molecular flexibility index (Phi) is 50.1. The number of allylic oxidation sites excluding steroid dienone is 11. The quantitative estimate of drug-likeness (QED) is 0.0199. The minimum absolute atomic E-state index is 0.204. The maximum absolute atomic E-state index is 13.4. The molecule has 0 radical (unpaired) electrons. The van der Waals surface area contributed by atoms with Crippen molar-refractivity contribution < 1.29 is 89.4 Å². The summed E-state index contributed by atoms with van der Waals surface area (Å²) in [4.78, 5) is 13.4. The number of unbranched alkanes of at least 4 members (excludes halogenated alkanes) is 30. The molecule has 0 aromatic heterocycles. The van der Waals surface area contributed by atoms with Crippen molar-refractivity contribution in [2.75, 3.05) is 26.4 Å². The number of carbonyl (C=O) groups excluding carboxylic acids is 1. The zero-order chi connectivity index (χ0) is 67.5. The van der Waals surface area contributed by atoms with Crippen molar-refractivity contribution in [3.63, 3.8) is 0 Å². The van der Waals surface area contributed by atoms with E-state index >= 15 is 0 Å². The average Bonchev–Trinajstić information content (AvgIpc) is 0.815. The monoisotopic (exact) mass is 1320 g/mol. The Morgan fingerprint density at radius 2 is 0.753 bits per heavy atom. The molecule has 1 amide bonds. The lowest BCUT2D eigenvalue weighted by Gasteiger charge is -2.48. The summed E-state index contributed by atoms with van der Waals surface area (Å²) in [7, 11) is 0. The maximum atomic E-state index is 13.4. The SMILES string of the molecule is CC/C=C\C/C=C\C/C=C\C/C=C\CCCCCCC(=O)NC(COC1OC(CO)C(OC2OC(CO)C(OC3OC(CO)C(O)C(O)C3O)C(O)C2O)C(O)C1O)C(O)/C=C/CC/C=C/CCCCCCCCCCCCCCCCCCCCCCCCCCC. The first-order valence-electron chi connectivity index (χ1n) is 36.7. The second kappa shape index (κ2) is 55.1. The lowest BCUT2D eigenvalue weighted by molar-refractivity contribution is -0.379. The molecule has 0 saturated carbocycles. The molecule has 0 aromatic rings. The number of aliphatic hydroxyl groups excluding tert-OH is 11. The zero-order valence-corrected chi connectivity index (χ0v) is 57.2. The first-order valence-corrected chi connectivity index (χ1v) is 36.7. The van der Waals surface area contributed by atoms with Crippen LogP contribution in [0.25, 0.3) is 0 Å².